The highest BCUT2D eigenvalue weighted by Crippen LogP contribution is 2.28. The molecule has 1 aliphatic rings. The predicted octanol–water partition coefficient (Wildman–Crippen LogP) is 2.88. The van der Waals surface area contributed by atoms with Gasteiger partial charge < -0.3 is 4.42 Å². The van der Waals surface area contributed by atoms with Crippen molar-refractivity contribution in [2.24, 2.45) is 5.92 Å². The summed E-state index contributed by atoms with van der Waals surface area (Å²) in [6.45, 7) is 0. The first-order valence-electron chi connectivity index (χ1n) is 7.25. The Hall–Kier alpha value is -2.03. The summed E-state index contributed by atoms with van der Waals surface area (Å²) in [5, 5.41) is 7.35. The van der Waals surface area contributed by atoms with Crippen LogP contribution in [-0.2, 0) is 16.4 Å². The third-order valence-electron chi connectivity index (χ3n) is 3.81. The summed E-state index contributed by atoms with van der Waals surface area (Å²) in [7, 11) is -4.48. The number of hydrogen-bond acceptors (Lipinski definition) is 5. The smallest absolute Gasteiger partial charge is 0.329 e. The molecule has 0 amide bonds. The quantitative estimate of drug-likeness (QED) is 0.902. The van der Waals surface area contributed by atoms with Gasteiger partial charge in [-0.1, -0.05) is 24.0 Å². The maximum Gasteiger partial charge on any atom is 0.329 e. The minimum atomic E-state index is -4.48. The van der Waals surface area contributed by atoms with E-state index in [9.17, 15) is 17.2 Å². The first-order chi connectivity index (χ1) is 11.0. The van der Waals surface area contributed by atoms with E-state index in [1.165, 1.54) is 0 Å². The Morgan fingerprint density at radius 1 is 1.17 bits per heavy atom. The van der Waals surface area contributed by atoms with E-state index >= 15 is 0 Å². The van der Waals surface area contributed by atoms with Gasteiger partial charge in [0, 0.05) is 6.42 Å². The molecule has 3 rings (SSSR count). The number of aromatic nitrogens is 2. The van der Waals surface area contributed by atoms with Crippen LogP contribution in [0.1, 0.15) is 31.6 Å². The Kier molecular flexibility index (Phi) is 4.29. The molecular formula is C14H15F2N3O3S. The van der Waals surface area contributed by atoms with Gasteiger partial charge in [0.2, 0.25) is 5.89 Å². The molecule has 1 aromatic heterocycles. The second-order valence-electron chi connectivity index (χ2n) is 5.51. The number of anilines is 1. The summed E-state index contributed by atoms with van der Waals surface area (Å²) in [6.07, 6.45) is 5.03. The van der Waals surface area contributed by atoms with E-state index < -0.39 is 32.6 Å². The molecule has 0 spiro atoms. The molecule has 1 N–H and O–H groups in total. The van der Waals surface area contributed by atoms with Crippen LogP contribution >= 0.6 is 0 Å². The van der Waals surface area contributed by atoms with Crippen LogP contribution < -0.4 is 4.72 Å². The zero-order valence-electron chi connectivity index (χ0n) is 12.1. The van der Waals surface area contributed by atoms with Gasteiger partial charge in [-0.25, -0.2) is 21.9 Å². The molecule has 1 fully saturated rings. The predicted molar refractivity (Wildman–Crippen MR) is 77.1 cm³/mol. The maximum absolute atomic E-state index is 13.6. The van der Waals surface area contributed by atoms with E-state index in [-0.39, 0.29) is 0 Å². The van der Waals surface area contributed by atoms with Gasteiger partial charge in [-0.05, 0) is 30.9 Å². The lowest BCUT2D eigenvalue weighted by molar-refractivity contribution is 0.439. The van der Waals surface area contributed by atoms with Gasteiger partial charge in [-0.2, -0.15) is 0 Å². The maximum atomic E-state index is 13.6. The van der Waals surface area contributed by atoms with Crippen molar-refractivity contribution in [2.45, 2.75) is 37.0 Å². The molecule has 0 saturated heterocycles. The van der Waals surface area contributed by atoms with Gasteiger partial charge >= 0.3 is 6.01 Å². The van der Waals surface area contributed by atoms with E-state index in [4.69, 9.17) is 4.42 Å². The van der Waals surface area contributed by atoms with Crippen molar-refractivity contribution >= 4 is 16.0 Å². The largest absolute Gasteiger partial charge is 0.407 e. The fourth-order valence-corrected chi connectivity index (χ4v) is 3.81. The third-order valence-corrected chi connectivity index (χ3v) is 5.19. The molecule has 0 bridgehead atoms. The van der Waals surface area contributed by atoms with Crippen LogP contribution in [0.2, 0.25) is 0 Å². The monoisotopic (exact) mass is 343 g/mol. The lowest BCUT2D eigenvalue weighted by Gasteiger charge is -2.06. The Labute approximate surface area is 132 Å². The summed E-state index contributed by atoms with van der Waals surface area (Å²) in [5.74, 6) is -1.63. The highest BCUT2D eigenvalue weighted by Gasteiger charge is 2.26. The average Bonchev–Trinajstić information content (AvgIpc) is 3.10. The van der Waals surface area contributed by atoms with Crippen LogP contribution in [0.3, 0.4) is 0 Å². The molecule has 0 unspecified atom stereocenters. The Bertz CT molecular complexity index is 781. The van der Waals surface area contributed by atoms with Crippen LogP contribution in [0.15, 0.2) is 27.5 Å². The van der Waals surface area contributed by atoms with Crippen molar-refractivity contribution in [3.63, 3.8) is 0 Å². The van der Waals surface area contributed by atoms with Gasteiger partial charge in [0.15, 0.2) is 4.90 Å². The van der Waals surface area contributed by atoms with Crippen molar-refractivity contribution in [1.82, 2.24) is 10.2 Å². The topological polar surface area (TPSA) is 85.1 Å². The average molecular weight is 343 g/mol. The molecule has 1 saturated carbocycles. The second-order valence-corrected chi connectivity index (χ2v) is 7.13. The van der Waals surface area contributed by atoms with Crippen LogP contribution in [0, 0.1) is 17.6 Å². The van der Waals surface area contributed by atoms with Crippen LogP contribution in [-0.4, -0.2) is 18.6 Å². The first kappa shape index (κ1) is 15.9. The highest BCUT2D eigenvalue weighted by molar-refractivity contribution is 7.92. The van der Waals surface area contributed by atoms with Gasteiger partial charge in [-0.3, -0.25) is 0 Å². The lowest BCUT2D eigenvalue weighted by atomic mass is 10.0. The first-order valence-corrected chi connectivity index (χ1v) is 8.73. The standard InChI is InChI=1S/C14H15F2N3O3S/c15-10-6-3-7-11(16)13(10)23(20,21)19-14-18-17-12(22-14)8-9-4-1-2-5-9/h3,6-7,9H,1-2,4-5,8H2,(H,18,19). The van der Waals surface area contributed by atoms with E-state index in [1.54, 1.807) is 0 Å². The zero-order chi connectivity index (χ0) is 16.4. The van der Waals surface area contributed by atoms with Gasteiger partial charge in [0.25, 0.3) is 10.0 Å². The molecule has 1 aliphatic carbocycles. The van der Waals surface area contributed by atoms with Crippen molar-refractivity contribution < 1.29 is 21.6 Å². The summed E-state index contributed by atoms with van der Waals surface area (Å²) in [4.78, 5) is -1.07. The fraction of sp³-hybridized carbons (Fsp3) is 0.429. The van der Waals surface area contributed by atoms with Crippen molar-refractivity contribution in [3.05, 3.63) is 35.7 Å². The lowest BCUT2D eigenvalue weighted by Crippen LogP contribution is -2.16. The summed E-state index contributed by atoms with van der Waals surface area (Å²) in [6, 6.07) is 2.39. The van der Waals surface area contributed by atoms with Crippen molar-refractivity contribution in [1.29, 1.82) is 0 Å². The summed E-state index contributed by atoms with van der Waals surface area (Å²) >= 11 is 0. The number of nitrogens with one attached hydrogen (secondary N) is 1. The molecule has 0 aliphatic heterocycles. The molecule has 2 aromatic rings. The molecule has 6 nitrogen and oxygen atoms in total. The second kappa shape index (κ2) is 6.23. The molecule has 1 aromatic carbocycles. The van der Waals surface area contributed by atoms with Gasteiger partial charge in [0.1, 0.15) is 11.6 Å². The zero-order valence-corrected chi connectivity index (χ0v) is 12.9. The number of rotatable bonds is 5. The minimum absolute atomic E-state index is 0.309. The Morgan fingerprint density at radius 2 is 1.83 bits per heavy atom. The van der Waals surface area contributed by atoms with E-state index in [0.717, 1.165) is 43.9 Å². The molecule has 1 heterocycles. The molecule has 0 atom stereocenters. The van der Waals surface area contributed by atoms with Crippen LogP contribution in [0.25, 0.3) is 0 Å². The normalized spacial score (nSPS) is 15.9. The van der Waals surface area contributed by atoms with Gasteiger partial charge in [0.05, 0.1) is 0 Å². The number of hydrogen-bond donors (Lipinski definition) is 1. The Balaban J connectivity index is 1.77. The van der Waals surface area contributed by atoms with Crippen molar-refractivity contribution in [2.75, 3.05) is 4.72 Å². The molecule has 23 heavy (non-hydrogen) atoms. The van der Waals surface area contributed by atoms with Gasteiger partial charge in [-0.15, -0.1) is 5.10 Å². The van der Waals surface area contributed by atoms with Crippen molar-refractivity contribution in [3.8, 4) is 0 Å². The Morgan fingerprint density at radius 3 is 2.48 bits per heavy atom. The third kappa shape index (κ3) is 3.49. The van der Waals surface area contributed by atoms with E-state index in [1.807, 2.05) is 4.72 Å². The van der Waals surface area contributed by atoms with Crippen LogP contribution in [0.4, 0.5) is 14.8 Å². The number of benzene rings is 1. The van der Waals surface area contributed by atoms with Crippen LogP contribution in [0.5, 0.6) is 0 Å². The summed E-state index contributed by atoms with van der Waals surface area (Å²) in [5.41, 5.74) is 0. The fourth-order valence-electron chi connectivity index (χ4n) is 2.74. The number of sulfonamides is 1. The molecule has 9 heteroatoms. The molecule has 124 valence electrons. The summed E-state index contributed by atoms with van der Waals surface area (Å²) < 4.78 is 58.5. The number of nitrogens with zero attached hydrogens (tertiary/aromatic N) is 2. The number of halogens is 2. The SMILES string of the molecule is O=S(=O)(Nc1nnc(CC2CCCC2)o1)c1c(F)cccc1F. The molecular weight excluding hydrogens is 328 g/mol. The highest BCUT2D eigenvalue weighted by atomic mass is 32.2. The molecule has 0 radical (unpaired) electrons. The minimum Gasteiger partial charge on any atom is -0.407 e. The van der Waals surface area contributed by atoms with E-state index in [2.05, 4.69) is 10.2 Å². The van der Waals surface area contributed by atoms with E-state index in [0.29, 0.717) is 18.2 Å².